The quantitative estimate of drug-likeness (QED) is 0.388. The molecule has 2 rings (SSSR count). The molecule has 0 radical (unpaired) electrons. The van der Waals surface area contributed by atoms with Gasteiger partial charge in [-0.05, 0) is 43.9 Å². The number of nitrogens with two attached hydrogens (primary N) is 1. The Morgan fingerprint density at radius 3 is 2.48 bits per heavy atom. The molecule has 116 valence electrons. The molecule has 1 aromatic carbocycles. The summed E-state index contributed by atoms with van der Waals surface area (Å²) >= 11 is 0. The number of hydrogen-bond acceptors (Lipinski definition) is 3. The van der Waals surface area contributed by atoms with Crippen LogP contribution in [0.15, 0.2) is 23.4 Å². The SMILES string of the molecule is N/C(=N/O)c1cc(OC2CCCCC2)ccc1C(F)(F)F. The molecule has 3 N–H and O–H groups in total. The van der Waals surface area contributed by atoms with Crippen molar-refractivity contribution in [3.05, 3.63) is 29.3 Å². The summed E-state index contributed by atoms with van der Waals surface area (Å²) < 4.78 is 44.4. The average Bonchev–Trinajstić information content (AvgIpc) is 2.46. The van der Waals surface area contributed by atoms with Gasteiger partial charge in [0.15, 0.2) is 5.84 Å². The lowest BCUT2D eigenvalue weighted by Gasteiger charge is -2.23. The van der Waals surface area contributed by atoms with Gasteiger partial charge in [0.05, 0.1) is 11.7 Å². The lowest BCUT2D eigenvalue weighted by Crippen LogP contribution is -2.22. The number of halogens is 3. The number of alkyl halides is 3. The molecule has 7 heteroatoms. The molecule has 0 aromatic heterocycles. The van der Waals surface area contributed by atoms with E-state index in [0.29, 0.717) is 5.75 Å². The zero-order chi connectivity index (χ0) is 15.5. The van der Waals surface area contributed by atoms with Crippen LogP contribution in [-0.4, -0.2) is 17.1 Å². The first-order chi connectivity index (χ1) is 9.91. The molecule has 1 aliphatic carbocycles. The van der Waals surface area contributed by atoms with Crippen molar-refractivity contribution in [2.45, 2.75) is 44.4 Å². The molecular weight excluding hydrogens is 285 g/mol. The van der Waals surface area contributed by atoms with Gasteiger partial charge in [0.25, 0.3) is 0 Å². The van der Waals surface area contributed by atoms with Crippen LogP contribution in [0.2, 0.25) is 0 Å². The number of benzene rings is 1. The van der Waals surface area contributed by atoms with Crippen molar-refractivity contribution < 1.29 is 23.1 Å². The minimum atomic E-state index is -4.58. The van der Waals surface area contributed by atoms with Gasteiger partial charge in [-0.3, -0.25) is 0 Å². The van der Waals surface area contributed by atoms with E-state index in [1.54, 1.807) is 0 Å². The first-order valence-corrected chi connectivity index (χ1v) is 6.77. The molecule has 1 fully saturated rings. The van der Waals surface area contributed by atoms with Gasteiger partial charge >= 0.3 is 6.18 Å². The molecule has 4 nitrogen and oxygen atoms in total. The van der Waals surface area contributed by atoms with Gasteiger partial charge in [0, 0.05) is 5.56 Å². The first-order valence-electron chi connectivity index (χ1n) is 6.77. The third-order valence-corrected chi connectivity index (χ3v) is 3.54. The summed E-state index contributed by atoms with van der Waals surface area (Å²) in [5, 5.41) is 11.3. The first kappa shape index (κ1) is 15.5. The number of hydrogen-bond donors (Lipinski definition) is 2. The van der Waals surface area contributed by atoms with Gasteiger partial charge in [-0.2, -0.15) is 13.2 Å². The smallest absolute Gasteiger partial charge is 0.417 e. The summed E-state index contributed by atoms with van der Waals surface area (Å²) in [6, 6.07) is 3.34. The fourth-order valence-electron chi connectivity index (χ4n) is 2.49. The van der Waals surface area contributed by atoms with E-state index in [4.69, 9.17) is 15.7 Å². The minimum absolute atomic E-state index is 0.00984. The number of nitrogens with zero attached hydrogens (tertiary/aromatic N) is 1. The molecule has 0 saturated heterocycles. The topological polar surface area (TPSA) is 67.8 Å². The van der Waals surface area contributed by atoms with E-state index in [-0.39, 0.29) is 11.7 Å². The Morgan fingerprint density at radius 2 is 1.90 bits per heavy atom. The van der Waals surface area contributed by atoms with E-state index in [1.165, 1.54) is 12.1 Å². The Morgan fingerprint density at radius 1 is 1.24 bits per heavy atom. The van der Waals surface area contributed by atoms with Crippen LogP contribution in [0, 0.1) is 0 Å². The van der Waals surface area contributed by atoms with Crippen molar-refractivity contribution in [1.29, 1.82) is 0 Å². The van der Waals surface area contributed by atoms with E-state index in [0.717, 1.165) is 38.2 Å². The Kier molecular flexibility index (Phi) is 4.59. The summed E-state index contributed by atoms with van der Waals surface area (Å²) in [6.45, 7) is 0. The van der Waals surface area contributed by atoms with Crippen LogP contribution in [-0.2, 0) is 6.18 Å². The lowest BCUT2D eigenvalue weighted by atomic mass is 9.97. The van der Waals surface area contributed by atoms with Crippen molar-refractivity contribution in [3.8, 4) is 5.75 Å². The van der Waals surface area contributed by atoms with E-state index in [2.05, 4.69) is 5.16 Å². The minimum Gasteiger partial charge on any atom is -0.490 e. The monoisotopic (exact) mass is 302 g/mol. The number of amidine groups is 1. The highest BCUT2D eigenvalue weighted by Gasteiger charge is 2.34. The second kappa shape index (κ2) is 6.24. The van der Waals surface area contributed by atoms with Crippen LogP contribution in [0.25, 0.3) is 0 Å². The normalized spacial score (nSPS) is 17.8. The molecule has 0 heterocycles. The number of rotatable bonds is 3. The average molecular weight is 302 g/mol. The van der Waals surface area contributed by atoms with Crippen LogP contribution in [0.1, 0.15) is 43.2 Å². The standard InChI is InChI=1S/C14H17F3N2O2/c15-14(16,17)12-7-6-10(8-11(12)13(18)19-20)21-9-4-2-1-3-5-9/h6-9,20H,1-5H2,(H2,18,19). The van der Waals surface area contributed by atoms with Gasteiger partial charge < -0.3 is 15.7 Å². The molecule has 0 aliphatic heterocycles. The molecule has 21 heavy (non-hydrogen) atoms. The number of oxime groups is 1. The second-order valence-corrected chi connectivity index (χ2v) is 5.07. The molecule has 1 saturated carbocycles. The highest BCUT2D eigenvalue weighted by atomic mass is 19.4. The zero-order valence-electron chi connectivity index (χ0n) is 11.4. The van der Waals surface area contributed by atoms with Gasteiger partial charge in [0.2, 0.25) is 0 Å². The summed E-state index contributed by atoms with van der Waals surface area (Å²) in [5.41, 5.74) is 4.01. The van der Waals surface area contributed by atoms with E-state index < -0.39 is 17.6 Å². The second-order valence-electron chi connectivity index (χ2n) is 5.07. The highest BCUT2D eigenvalue weighted by Crippen LogP contribution is 2.34. The molecule has 1 aromatic rings. The van der Waals surface area contributed by atoms with Crippen molar-refractivity contribution in [2.75, 3.05) is 0 Å². The van der Waals surface area contributed by atoms with Gasteiger partial charge in [-0.15, -0.1) is 0 Å². The molecule has 0 spiro atoms. The van der Waals surface area contributed by atoms with Crippen molar-refractivity contribution in [2.24, 2.45) is 10.9 Å². The largest absolute Gasteiger partial charge is 0.490 e. The molecule has 0 unspecified atom stereocenters. The van der Waals surface area contributed by atoms with Crippen LogP contribution in [0.5, 0.6) is 5.75 Å². The lowest BCUT2D eigenvalue weighted by molar-refractivity contribution is -0.137. The van der Waals surface area contributed by atoms with E-state index in [9.17, 15) is 13.2 Å². The van der Waals surface area contributed by atoms with E-state index in [1.807, 2.05) is 0 Å². The van der Waals surface area contributed by atoms with Crippen LogP contribution in [0.3, 0.4) is 0 Å². The van der Waals surface area contributed by atoms with Crippen LogP contribution >= 0.6 is 0 Å². The zero-order valence-corrected chi connectivity index (χ0v) is 11.4. The third-order valence-electron chi connectivity index (χ3n) is 3.54. The molecule has 0 bridgehead atoms. The maximum Gasteiger partial charge on any atom is 0.417 e. The third kappa shape index (κ3) is 3.80. The Hall–Kier alpha value is -1.92. The van der Waals surface area contributed by atoms with Gasteiger partial charge in [-0.25, -0.2) is 0 Å². The van der Waals surface area contributed by atoms with Crippen molar-refractivity contribution in [3.63, 3.8) is 0 Å². The summed E-state index contributed by atoms with van der Waals surface area (Å²) in [4.78, 5) is 0. The summed E-state index contributed by atoms with van der Waals surface area (Å²) in [7, 11) is 0. The van der Waals surface area contributed by atoms with Crippen molar-refractivity contribution in [1.82, 2.24) is 0 Å². The Labute approximate surface area is 120 Å². The fraction of sp³-hybridized carbons (Fsp3) is 0.500. The summed E-state index contributed by atoms with van der Waals surface area (Å²) in [5.74, 6) is -0.284. The Bertz CT molecular complexity index is 523. The number of ether oxygens (including phenoxy) is 1. The highest BCUT2D eigenvalue weighted by molar-refractivity contribution is 5.99. The Balaban J connectivity index is 2.28. The molecule has 0 atom stereocenters. The van der Waals surface area contributed by atoms with Crippen LogP contribution in [0.4, 0.5) is 13.2 Å². The molecule has 0 amide bonds. The fourth-order valence-corrected chi connectivity index (χ4v) is 2.49. The maximum absolute atomic E-state index is 12.9. The predicted octanol–water partition coefficient (Wildman–Crippen LogP) is 3.51. The van der Waals surface area contributed by atoms with Gasteiger partial charge in [-0.1, -0.05) is 11.6 Å². The predicted molar refractivity (Wildman–Crippen MR) is 71.5 cm³/mol. The summed E-state index contributed by atoms with van der Waals surface area (Å²) in [6.07, 6.45) is 0.475. The molecular formula is C14H17F3N2O2. The maximum atomic E-state index is 12.9. The van der Waals surface area contributed by atoms with E-state index >= 15 is 0 Å². The van der Waals surface area contributed by atoms with Crippen molar-refractivity contribution >= 4 is 5.84 Å². The van der Waals surface area contributed by atoms with Gasteiger partial charge in [0.1, 0.15) is 5.75 Å². The molecule has 1 aliphatic rings. The van der Waals surface area contributed by atoms with Crippen LogP contribution < -0.4 is 10.5 Å².